The number of hydrogen-bond acceptors (Lipinski definition) is 5. The third-order valence-electron chi connectivity index (χ3n) is 3.90. The molecule has 98 valence electrons. The third kappa shape index (κ3) is 1.65. The first kappa shape index (κ1) is 11.0. The van der Waals surface area contributed by atoms with Crippen molar-refractivity contribution >= 4 is 5.78 Å². The molecule has 1 aliphatic carbocycles. The number of ether oxygens (including phenoxy) is 1. The van der Waals surface area contributed by atoms with E-state index in [9.17, 15) is 4.79 Å². The maximum Gasteiger partial charge on any atom is 0.209 e. The van der Waals surface area contributed by atoms with Crippen molar-refractivity contribution in [2.24, 2.45) is 5.92 Å². The van der Waals surface area contributed by atoms with E-state index in [1.165, 1.54) is 0 Å². The summed E-state index contributed by atoms with van der Waals surface area (Å²) in [7, 11) is 0. The predicted molar refractivity (Wildman–Crippen MR) is 66.3 cm³/mol. The van der Waals surface area contributed by atoms with Gasteiger partial charge in [0.05, 0.1) is 24.4 Å². The van der Waals surface area contributed by atoms with E-state index in [0.29, 0.717) is 19.0 Å². The van der Waals surface area contributed by atoms with E-state index >= 15 is 0 Å². The van der Waals surface area contributed by atoms with Gasteiger partial charge in [-0.25, -0.2) is 4.98 Å². The Labute approximate surface area is 110 Å². The summed E-state index contributed by atoms with van der Waals surface area (Å²) in [5, 5.41) is 3.24. The number of carbonyl (C=O) groups is 1. The molecule has 0 bridgehead atoms. The number of Topliss-reactive ketones (excluding diaryl/α,β-unsaturated/α-hetero) is 1. The van der Waals surface area contributed by atoms with Crippen LogP contribution >= 0.6 is 0 Å². The van der Waals surface area contributed by atoms with Crippen molar-refractivity contribution in [1.29, 1.82) is 0 Å². The number of oxazole rings is 1. The van der Waals surface area contributed by atoms with E-state index in [-0.39, 0.29) is 17.6 Å². The number of rotatable bonds is 1. The van der Waals surface area contributed by atoms with E-state index in [4.69, 9.17) is 9.15 Å². The summed E-state index contributed by atoms with van der Waals surface area (Å²) in [5.74, 6) is 0.997. The minimum Gasteiger partial charge on any atom is -0.500 e. The molecule has 5 heteroatoms. The highest BCUT2D eigenvalue weighted by Crippen LogP contribution is 2.34. The molecule has 3 aliphatic rings. The van der Waals surface area contributed by atoms with Gasteiger partial charge in [0.15, 0.2) is 5.78 Å². The molecule has 19 heavy (non-hydrogen) atoms. The van der Waals surface area contributed by atoms with Crippen molar-refractivity contribution in [2.75, 3.05) is 13.2 Å². The SMILES string of the molecule is O=C1C2COC=C2C=CC1c1nc2c(o1)CNCC2. The average molecular weight is 258 g/mol. The Morgan fingerprint density at radius 1 is 1.42 bits per heavy atom. The van der Waals surface area contributed by atoms with Crippen LogP contribution in [-0.4, -0.2) is 23.9 Å². The van der Waals surface area contributed by atoms with Crippen molar-refractivity contribution in [2.45, 2.75) is 18.9 Å². The molecule has 1 aromatic rings. The van der Waals surface area contributed by atoms with E-state index in [1.54, 1.807) is 6.26 Å². The number of fused-ring (bicyclic) bond motifs is 2. The fourth-order valence-corrected chi connectivity index (χ4v) is 2.82. The number of carbonyl (C=O) groups excluding carboxylic acids is 1. The van der Waals surface area contributed by atoms with Crippen molar-refractivity contribution in [3.8, 4) is 0 Å². The molecular formula is C14H14N2O3. The van der Waals surface area contributed by atoms with Crippen LogP contribution in [0.25, 0.3) is 0 Å². The lowest BCUT2D eigenvalue weighted by atomic mass is 9.83. The first-order valence-corrected chi connectivity index (χ1v) is 6.56. The van der Waals surface area contributed by atoms with Crippen LogP contribution in [0.15, 0.2) is 28.4 Å². The Balaban J connectivity index is 1.69. The molecule has 0 amide bonds. The summed E-state index contributed by atoms with van der Waals surface area (Å²) in [6, 6.07) is 0. The lowest BCUT2D eigenvalue weighted by Gasteiger charge is -2.18. The molecule has 1 N–H and O–H groups in total. The molecule has 2 atom stereocenters. The summed E-state index contributed by atoms with van der Waals surface area (Å²) in [4.78, 5) is 16.9. The van der Waals surface area contributed by atoms with E-state index < -0.39 is 0 Å². The Morgan fingerprint density at radius 3 is 3.26 bits per heavy atom. The number of nitrogens with one attached hydrogen (secondary N) is 1. The highest BCUT2D eigenvalue weighted by atomic mass is 16.5. The summed E-state index contributed by atoms with van der Waals surface area (Å²) >= 11 is 0. The zero-order valence-corrected chi connectivity index (χ0v) is 10.4. The van der Waals surface area contributed by atoms with Gasteiger partial charge in [-0.1, -0.05) is 12.2 Å². The van der Waals surface area contributed by atoms with E-state index in [2.05, 4.69) is 10.3 Å². The Hall–Kier alpha value is -1.88. The van der Waals surface area contributed by atoms with Crippen LogP contribution in [0.1, 0.15) is 23.3 Å². The van der Waals surface area contributed by atoms with Gasteiger partial charge in [-0.3, -0.25) is 4.79 Å². The standard InChI is InChI=1S/C14H14N2O3/c17-13-9(2-1-8-6-18-7-10(8)13)14-16-11-3-4-15-5-12(11)19-14/h1-2,6,9-10,15H,3-5,7H2. The molecule has 3 heterocycles. The predicted octanol–water partition coefficient (Wildman–Crippen LogP) is 1.07. The lowest BCUT2D eigenvalue weighted by Crippen LogP contribution is -2.26. The quantitative estimate of drug-likeness (QED) is 0.816. The van der Waals surface area contributed by atoms with Crippen LogP contribution < -0.4 is 5.32 Å². The molecule has 0 saturated heterocycles. The van der Waals surface area contributed by atoms with Gasteiger partial charge in [0.2, 0.25) is 5.89 Å². The molecule has 0 spiro atoms. The average Bonchev–Trinajstić information content (AvgIpc) is 3.05. The molecule has 2 aliphatic heterocycles. The van der Waals surface area contributed by atoms with Gasteiger partial charge in [0.1, 0.15) is 18.3 Å². The Morgan fingerprint density at radius 2 is 2.37 bits per heavy atom. The van der Waals surface area contributed by atoms with Crippen LogP contribution in [0.2, 0.25) is 0 Å². The highest BCUT2D eigenvalue weighted by Gasteiger charge is 2.38. The fraction of sp³-hybridized carbons (Fsp3) is 0.429. The van der Waals surface area contributed by atoms with E-state index in [0.717, 1.165) is 30.0 Å². The van der Waals surface area contributed by atoms with Crippen LogP contribution in [-0.2, 0) is 22.5 Å². The summed E-state index contributed by atoms with van der Waals surface area (Å²) in [5.41, 5.74) is 1.94. The van der Waals surface area contributed by atoms with Crippen molar-refractivity contribution in [3.05, 3.63) is 41.3 Å². The topological polar surface area (TPSA) is 64.4 Å². The van der Waals surface area contributed by atoms with E-state index in [1.807, 2.05) is 12.2 Å². The second-order valence-corrected chi connectivity index (χ2v) is 5.09. The molecule has 2 unspecified atom stereocenters. The number of hydrogen-bond donors (Lipinski definition) is 1. The van der Waals surface area contributed by atoms with Gasteiger partial charge in [0.25, 0.3) is 0 Å². The van der Waals surface area contributed by atoms with Gasteiger partial charge in [0, 0.05) is 18.5 Å². The normalized spacial score (nSPS) is 28.6. The third-order valence-corrected chi connectivity index (χ3v) is 3.90. The van der Waals surface area contributed by atoms with Crippen molar-refractivity contribution < 1.29 is 13.9 Å². The summed E-state index contributed by atoms with van der Waals surface area (Å²) in [6.45, 7) is 2.05. The largest absolute Gasteiger partial charge is 0.500 e. The van der Waals surface area contributed by atoms with Gasteiger partial charge >= 0.3 is 0 Å². The summed E-state index contributed by atoms with van der Waals surface area (Å²) in [6.07, 6.45) is 6.34. The molecule has 0 radical (unpaired) electrons. The first-order valence-electron chi connectivity index (χ1n) is 6.56. The van der Waals surface area contributed by atoms with Crippen molar-refractivity contribution in [3.63, 3.8) is 0 Å². The van der Waals surface area contributed by atoms with Gasteiger partial charge in [-0.15, -0.1) is 0 Å². The fourth-order valence-electron chi connectivity index (χ4n) is 2.82. The molecule has 4 rings (SSSR count). The molecule has 0 fully saturated rings. The Bertz CT molecular complexity index is 576. The number of ketones is 1. The number of nitrogens with zero attached hydrogens (tertiary/aromatic N) is 1. The monoisotopic (exact) mass is 258 g/mol. The van der Waals surface area contributed by atoms with Gasteiger partial charge in [-0.2, -0.15) is 0 Å². The van der Waals surface area contributed by atoms with Crippen LogP contribution in [0.3, 0.4) is 0 Å². The van der Waals surface area contributed by atoms with Crippen LogP contribution in [0, 0.1) is 5.92 Å². The first-order chi connectivity index (χ1) is 9.33. The minimum absolute atomic E-state index is 0.123. The zero-order chi connectivity index (χ0) is 12.8. The molecule has 0 saturated carbocycles. The lowest BCUT2D eigenvalue weighted by molar-refractivity contribution is -0.123. The second kappa shape index (κ2) is 4.06. The number of allylic oxidation sites excluding steroid dienone is 2. The molecule has 5 nitrogen and oxygen atoms in total. The second-order valence-electron chi connectivity index (χ2n) is 5.09. The smallest absolute Gasteiger partial charge is 0.209 e. The zero-order valence-electron chi connectivity index (χ0n) is 10.4. The molecule has 0 aromatic carbocycles. The minimum atomic E-state index is -0.366. The number of aromatic nitrogens is 1. The van der Waals surface area contributed by atoms with Crippen LogP contribution in [0.5, 0.6) is 0 Å². The maximum atomic E-state index is 12.4. The highest BCUT2D eigenvalue weighted by molar-refractivity contribution is 5.93. The maximum absolute atomic E-state index is 12.4. The van der Waals surface area contributed by atoms with Gasteiger partial charge < -0.3 is 14.5 Å². The van der Waals surface area contributed by atoms with Crippen molar-refractivity contribution in [1.82, 2.24) is 10.3 Å². The molecule has 1 aromatic heterocycles. The molecular weight excluding hydrogens is 244 g/mol. The van der Waals surface area contributed by atoms with Gasteiger partial charge in [-0.05, 0) is 0 Å². The summed E-state index contributed by atoms with van der Waals surface area (Å²) < 4.78 is 11.0. The Kier molecular flexibility index (Phi) is 2.35. The van der Waals surface area contributed by atoms with Crippen LogP contribution in [0.4, 0.5) is 0 Å².